The molecule has 0 radical (unpaired) electrons. The van der Waals surface area contributed by atoms with Gasteiger partial charge in [0.15, 0.2) is 0 Å². The van der Waals surface area contributed by atoms with Gasteiger partial charge in [0.1, 0.15) is 18.3 Å². The Bertz CT molecular complexity index is 1260. The number of carbonyl (C=O) groups excluding carboxylic acids is 2. The van der Waals surface area contributed by atoms with Crippen LogP contribution >= 0.6 is 11.8 Å². The lowest BCUT2D eigenvalue weighted by molar-refractivity contribution is -0.141. The highest BCUT2D eigenvalue weighted by molar-refractivity contribution is 7.99. The number of aromatic nitrogens is 2. The zero-order chi connectivity index (χ0) is 24.5. The number of aliphatic carboxylic acids is 1. The Labute approximate surface area is 206 Å². The number of anilines is 1. The van der Waals surface area contributed by atoms with Gasteiger partial charge in [-0.15, -0.1) is 0 Å². The van der Waals surface area contributed by atoms with Crippen molar-refractivity contribution < 1.29 is 24.2 Å². The minimum absolute atomic E-state index is 0.0923. The van der Waals surface area contributed by atoms with Crippen LogP contribution in [0.15, 0.2) is 54.7 Å². The molecule has 1 saturated heterocycles. The van der Waals surface area contributed by atoms with Crippen molar-refractivity contribution in [1.29, 1.82) is 0 Å². The van der Waals surface area contributed by atoms with Crippen molar-refractivity contribution in [3.63, 3.8) is 0 Å². The highest BCUT2D eigenvalue weighted by Gasteiger charge is 2.35. The molecule has 2 heterocycles. The Morgan fingerprint density at radius 2 is 1.77 bits per heavy atom. The van der Waals surface area contributed by atoms with Crippen molar-refractivity contribution in [2.45, 2.75) is 12.0 Å². The minimum atomic E-state index is -1.06. The van der Waals surface area contributed by atoms with Gasteiger partial charge in [-0.25, -0.2) is 9.59 Å². The molecule has 1 aromatic heterocycles. The number of rotatable bonds is 5. The largest absolute Gasteiger partial charge is 0.480 e. The zero-order valence-electron chi connectivity index (χ0n) is 19.0. The maximum atomic E-state index is 13.2. The number of nitrogens with one attached hydrogen (secondary N) is 1. The summed E-state index contributed by atoms with van der Waals surface area (Å²) in [5, 5.41) is 16.3. The second kappa shape index (κ2) is 9.46. The van der Waals surface area contributed by atoms with Crippen LogP contribution in [0.25, 0.3) is 11.1 Å². The summed E-state index contributed by atoms with van der Waals surface area (Å²) in [6.45, 7) is 0.434. The van der Waals surface area contributed by atoms with Crippen LogP contribution in [-0.4, -0.2) is 68.5 Å². The van der Waals surface area contributed by atoms with Gasteiger partial charge < -0.3 is 14.7 Å². The van der Waals surface area contributed by atoms with E-state index in [1.807, 2.05) is 36.4 Å². The quantitative estimate of drug-likeness (QED) is 0.561. The zero-order valence-corrected chi connectivity index (χ0v) is 19.8. The number of ether oxygens (including phenoxy) is 1. The number of hydrogen-bond donors (Lipinski definition) is 2. The summed E-state index contributed by atoms with van der Waals surface area (Å²) in [5.74, 6) is -0.688. The number of carbonyl (C=O) groups is 3. The smallest absolute Gasteiger partial charge is 0.411 e. The van der Waals surface area contributed by atoms with E-state index in [4.69, 9.17) is 4.74 Å². The summed E-state index contributed by atoms with van der Waals surface area (Å²) < 4.78 is 6.92. The van der Waals surface area contributed by atoms with Gasteiger partial charge in [0.05, 0.1) is 11.9 Å². The molecule has 1 aliphatic carbocycles. The molecular formula is C25H24N4O5S. The van der Waals surface area contributed by atoms with E-state index in [1.165, 1.54) is 27.5 Å². The maximum Gasteiger partial charge on any atom is 0.411 e. The van der Waals surface area contributed by atoms with Crippen LogP contribution in [0.5, 0.6) is 0 Å². The number of amides is 2. The predicted molar refractivity (Wildman–Crippen MR) is 132 cm³/mol. The second-order valence-corrected chi connectivity index (χ2v) is 9.56. The van der Waals surface area contributed by atoms with Crippen LogP contribution in [0, 0.1) is 0 Å². The maximum absolute atomic E-state index is 13.2. The van der Waals surface area contributed by atoms with Crippen molar-refractivity contribution in [3.8, 4) is 11.1 Å². The van der Waals surface area contributed by atoms with Crippen LogP contribution in [0.1, 0.15) is 27.5 Å². The first-order valence-electron chi connectivity index (χ1n) is 11.2. The molecule has 5 rings (SSSR count). The first-order valence-corrected chi connectivity index (χ1v) is 12.4. The van der Waals surface area contributed by atoms with E-state index in [2.05, 4.69) is 22.5 Å². The average molecular weight is 493 g/mol. The monoisotopic (exact) mass is 492 g/mol. The van der Waals surface area contributed by atoms with Crippen LogP contribution in [0.3, 0.4) is 0 Å². The molecule has 9 nitrogen and oxygen atoms in total. The topological polar surface area (TPSA) is 114 Å². The van der Waals surface area contributed by atoms with E-state index in [0.717, 1.165) is 22.3 Å². The molecule has 0 saturated carbocycles. The van der Waals surface area contributed by atoms with Gasteiger partial charge in [-0.1, -0.05) is 48.5 Å². The van der Waals surface area contributed by atoms with Gasteiger partial charge in [0.2, 0.25) is 0 Å². The van der Waals surface area contributed by atoms with Gasteiger partial charge in [-0.2, -0.15) is 16.9 Å². The second-order valence-electron chi connectivity index (χ2n) is 8.41. The predicted octanol–water partition coefficient (Wildman–Crippen LogP) is 3.42. The minimum Gasteiger partial charge on any atom is -0.480 e. The first kappa shape index (κ1) is 23.0. The molecule has 1 fully saturated rings. The number of nitrogens with zero attached hydrogens (tertiary/aromatic N) is 3. The van der Waals surface area contributed by atoms with E-state index in [9.17, 15) is 19.5 Å². The van der Waals surface area contributed by atoms with E-state index < -0.39 is 24.0 Å². The third-order valence-electron chi connectivity index (χ3n) is 6.40. The van der Waals surface area contributed by atoms with Crippen molar-refractivity contribution in [2.24, 2.45) is 7.05 Å². The van der Waals surface area contributed by atoms with Gasteiger partial charge in [-0.05, 0) is 22.3 Å². The summed E-state index contributed by atoms with van der Waals surface area (Å²) >= 11 is 1.49. The number of fused-ring (bicyclic) bond motifs is 3. The fourth-order valence-electron chi connectivity index (χ4n) is 4.71. The molecule has 2 aromatic carbocycles. The molecule has 1 unspecified atom stereocenters. The van der Waals surface area contributed by atoms with Crippen molar-refractivity contribution in [3.05, 3.63) is 71.5 Å². The van der Waals surface area contributed by atoms with Crippen molar-refractivity contribution >= 4 is 35.4 Å². The molecule has 1 aliphatic heterocycles. The van der Waals surface area contributed by atoms with Gasteiger partial charge in [-0.3, -0.25) is 14.8 Å². The van der Waals surface area contributed by atoms with Gasteiger partial charge in [0, 0.05) is 31.0 Å². The van der Waals surface area contributed by atoms with Crippen molar-refractivity contribution in [2.75, 3.05) is 30.0 Å². The molecule has 2 aliphatic rings. The summed E-state index contributed by atoms with van der Waals surface area (Å²) in [5.41, 5.74) is 4.74. The molecular weight excluding hydrogens is 468 g/mol. The lowest BCUT2D eigenvalue weighted by Crippen LogP contribution is -2.50. The van der Waals surface area contributed by atoms with E-state index in [1.54, 1.807) is 7.05 Å². The number of thioether (sulfide) groups is 1. The number of carboxylic acid groups (broad SMARTS) is 1. The molecule has 2 N–H and O–H groups in total. The van der Waals surface area contributed by atoms with E-state index >= 15 is 0 Å². The highest BCUT2D eigenvalue weighted by Crippen LogP contribution is 2.44. The molecule has 35 heavy (non-hydrogen) atoms. The number of aryl methyl sites for hydroxylation is 1. The summed E-state index contributed by atoms with van der Waals surface area (Å²) in [6, 6.07) is 15.2. The number of hydrogen-bond acceptors (Lipinski definition) is 6. The molecule has 180 valence electrons. The SMILES string of the molecule is Cn1ncc(NC(=O)OCC2c3ccccc3-c3ccccc32)c1C(=O)N1CCSCC1C(=O)O. The molecule has 10 heteroatoms. The Morgan fingerprint density at radius 1 is 1.11 bits per heavy atom. The Morgan fingerprint density at radius 3 is 2.43 bits per heavy atom. The molecule has 2 amide bonds. The fourth-order valence-corrected chi connectivity index (χ4v) is 5.75. The van der Waals surface area contributed by atoms with Crippen molar-refractivity contribution in [1.82, 2.24) is 14.7 Å². The molecule has 3 aromatic rings. The molecule has 0 spiro atoms. The standard InChI is InChI=1S/C25H24N4O5S/c1-28-22(23(30)29-10-11-35-14-21(29)24(31)32)20(12-26-28)27-25(33)34-13-19-17-8-4-2-6-15(17)16-7-3-5-9-18(16)19/h2-9,12,19,21H,10-11,13-14H2,1H3,(H,27,33)(H,31,32). The Kier molecular flexibility index (Phi) is 6.21. The Hall–Kier alpha value is -3.79. The van der Waals surface area contributed by atoms with Crippen LogP contribution < -0.4 is 5.32 Å². The third kappa shape index (κ3) is 4.25. The first-order chi connectivity index (χ1) is 17.0. The van der Waals surface area contributed by atoms with Crippen LogP contribution in [0.4, 0.5) is 10.5 Å². The molecule has 0 bridgehead atoms. The van der Waals surface area contributed by atoms with Crippen LogP contribution in [-0.2, 0) is 16.6 Å². The van der Waals surface area contributed by atoms with E-state index in [-0.39, 0.29) is 23.9 Å². The highest BCUT2D eigenvalue weighted by atomic mass is 32.2. The summed E-state index contributed by atoms with van der Waals surface area (Å²) in [6.07, 6.45) is 0.654. The summed E-state index contributed by atoms with van der Waals surface area (Å²) in [7, 11) is 1.57. The third-order valence-corrected chi connectivity index (χ3v) is 7.42. The normalized spacial score (nSPS) is 16.9. The fraction of sp³-hybridized carbons (Fsp3) is 0.280. The average Bonchev–Trinajstić information content (AvgIpc) is 3.39. The summed E-state index contributed by atoms with van der Waals surface area (Å²) in [4.78, 5) is 38.9. The van der Waals surface area contributed by atoms with Gasteiger partial charge >= 0.3 is 12.1 Å². The Balaban J connectivity index is 1.31. The number of benzene rings is 2. The lowest BCUT2D eigenvalue weighted by atomic mass is 9.98. The molecule has 1 atom stereocenters. The van der Waals surface area contributed by atoms with E-state index in [0.29, 0.717) is 18.1 Å². The number of carboxylic acids is 1. The van der Waals surface area contributed by atoms with Gasteiger partial charge in [0.25, 0.3) is 5.91 Å². The van der Waals surface area contributed by atoms with Crippen LogP contribution in [0.2, 0.25) is 0 Å². The lowest BCUT2D eigenvalue weighted by Gasteiger charge is -2.32.